The van der Waals surface area contributed by atoms with Crippen LogP contribution in [0.25, 0.3) is 0 Å². The fourth-order valence-electron chi connectivity index (χ4n) is 2.49. The Kier molecular flexibility index (Phi) is 6.95. The summed E-state index contributed by atoms with van der Waals surface area (Å²) in [6.07, 6.45) is 2.04. The molecule has 2 rings (SSSR count). The van der Waals surface area contributed by atoms with Crippen LogP contribution in [0.15, 0.2) is 48.5 Å². The van der Waals surface area contributed by atoms with Gasteiger partial charge in [0.1, 0.15) is 0 Å². The molecule has 132 valence electrons. The Morgan fingerprint density at radius 3 is 2.48 bits per heavy atom. The van der Waals surface area contributed by atoms with Crippen LogP contribution in [0.1, 0.15) is 27.9 Å². The molecule has 5 heteroatoms. The molecule has 2 aromatic carbocycles. The lowest BCUT2D eigenvalue weighted by atomic mass is 10.1. The van der Waals surface area contributed by atoms with Crippen LogP contribution in [0, 0.1) is 6.92 Å². The minimum Gasteiger partial charge on any atom is -0.362 e. The first-order chi connectivity index (χ1) is 12.0. The Morgan fingerprint density at radius 1 is 1.12 bits per heavy atom. The summed E-state index contributed by atoms with van der Waals surface area (Å²) < 4.78 is 0. The van der Waals surface area contributed by atoms with Crippen LogP contribution < -0.4 is 10.6 Å². The Balaban J connectivity index is 1.74. The van der Waals surface area contributed by atoms with Gasteiger partial charge in [-0.25, -0.2) is 0 Å². The third-order valence-electron chi connectivity index (χ3n) is 3.81. The van der Waals surface area contributed by atoms with Crippen molar-refractivity contribution in [1.82, 2.24) is 10.2 Å². The number of amides is 1. The highest BCUT2D eigenvalue weighted by Crippen LogP contribution is 2.11. The summed E-state index contributed by atoms with van der Waals surface area (Å²) >= 11 is 5.32. The van der Waals surface area contributed by atoms with Crippen molar-refractivity contribution < 1.29 is 4.79 Å². The smallest absolute Gasteiger partial charge is 0.253 e. The molecule has 0 spiro atoms. The van der Waals surface area contributed by atoms with Gasteiger partial charge in [0.25, 0.3) is 5.91 Å². The van der Waals surface area contributed by atoms with E-state index >= 15 is 0 Å². The second kappa shape index (κ2) is 9.18. The molecule has 2 N–H and O–H groups in total. The first-order valence-electron chi connectivity index (χ1n) is 8.38. The van der Waals surface area contributed by atoms with E-state index in [0.29, 0.717) is 10.7 Å². The third-order valence-corrected chi connectivity index (χ3v) is 4.05. The number of nitrogens with one attached hydrogen (secondary N) is 2. The number of nitrogens with zero attached hydrogens (tertiary/aromatic N) is 1. The lowest BCUT2D eigenvalue weighted by Crippen LogP contribution is -2.29. The quantitative estimate of drug-likeness (QED) is 0.614. The van der Waals surface area contributed by atoms with Crippen molar-refractivity contribution in [3.8, 4) is 0 Å². The molecule has 0 aliphatic rings. The molecule has 2 aromatic rings. The Hall–Kier alpha value is -2.40. The molecule has 0 aliphatic heterocycles. The predicted molar refractivity (Wildman–Crippen MR) is 108 cm³/mol. The van der Waals surface area contributed by atoms with Gasteiger partial charge in [0.15, 0.2) is 5.11 Å². The number of anilines is 1. The van der Waals surface area contributed by atoms with Crippen LogP contribution >= 0.6 is 12.2 Å². The summed E-state index contributed by atoms with van der Waals surface area (Å²) in [4.78, 5) is 13.4. The molecule has 0 aliphatic carbocycles. The number of aryl methyl sites for hydroxylation is 2. The van der Waals surface area contributed by atoms with Gasteiger partial charge in [0.05, 0.1) is 0 Å². The molecule has 4 nitrogen and oxygen atoms in total. The van der Waals surface area contributed by atoms with Crippen molar-refractivity contribution in [2.24, 2.45) is 0 Å². The zero-order chi connectivity index (χ0) is 18.2. The van der Waals surface area contributed by atoms with Crippen molar-refractivity contribution in [3.05, 3.63) is 65.2 Å². The maximum atomic E-state index is 11.9. The van der Waals surface area contributed by atoms with Crippen molar-refractivity contribution in [3.63, 3.8) is 0 Å². The standard InChI is InChI=1S/C20H25N3OS/c1-15-6-4-7-16(14-15)8-5-13-21-20(25)22-18-11-9-17(10-12-18)19(24)23(2)3/h4,6-7,9-12,14H,5,8,13H2,1-3H3,(H2,21,22,25). The van der Waals surface area contributed by atoms with Gasteiger partial charge >= 0.3 is 0 Å². The summed E-state index contributed by atoms with van der Waals surface area (Å²) in [5.74, 6) is -0.0107. The summed E-state index contributed by atoms with van der Waals surface area (Å²) in [6, 6.07) is 15.9. The van der Waals surface area contributed by atoms with Gasteiger partial charge in [-0.05, 0) is 61.8 Å². The third kappa shape index (κ3) is 6.19. The van der Waals surface area contributed by atoms with E-state index < -0.39 is 0 Å². The summed E-state index contributed by atoms with van der Waals surface area (Å²) in [7, 11) is 3.48. The minimum absolute atomic E-state index is 0.0107. The number of carbonyl (C=O) groups is 1. The zero-order valence-corrected chi connectivity index (χ0v) is 15.8. The van der Waals surface area contributed by atoms with Crippen LogP contribution in [-0.2, 0) is 6.42 Å². The fourth-order valence-corrected chi connectivity index (χ4v) is 2.71. The number of hydrogen-bond donors (Lipinski definition) is 2. The van der Waals surface area contributed by atoms with E-state index in [1.165, 1.54) is 11.1 Å². The maximum Gasteiger partial charge on any atom is 0.253 e. The summed E-state index contributed by atoms with van der Waals surface area (Å²) in [5.41, 5.74) is 4.17. The molecular formula is C20H25N3OS. The number of rotatable bonds is 6. The van der Waals surface area contributed by atoms with Gasteiger partial charge in [0, 0.05) is 31.9 Å². The largest absolute Gasteiger partial charge is 0.362 e. The van der Waals surface area contributed by atoms with E-state index in [0.717, 1.165) is 25.1 Å². The zero-order valence-electron chi connectivity index (χ0n) is 15.0. The molecule has 0 aromatic heterocycles. The monoisotopic (exact) mass is 355 g/mol. The predicted octanol–water partition coefficient (Wildman–Crippen LogP) is 3.62. The highest BCUT2D eigenvalue weighted by molar-refractivity contribution is 7.80. The number of hydrogen-bond acceptors (Lipinski definition) is 2. The van der Waals surface area contributed by atoms with E-state index in [2.05, 4.69) is 41.8 Å². The van der Waals surface area contributed by atoms with Crippen molar-refractivity contribution >= 4 is 28.9 Å². The molecule has 0 atom stereocenters. The van der Waals surface area contributed by atoms with Crippen LogP contribution in [0.4, 0.5) is 5.69 Å². The lowest BCUT2D eigenvalue weighted by Gasteiger charge is -2.12. The SMILES string of the molecule is Cc1cccc(CCCNC(=S)Nc2ccc(C(=O)N(C)C)cc2)c1. The van der Waals surface area contributed by atoms with Crippen molar-refractivity contribution in [2.45, 2.75) is 19.8 Å². The van der Waals surface area contributed by atoms with Gasteiger partial charge in [-0.15, -0.1) is 0 Å². The normalized spacial score (nSPS) is 10.2. The summed E-state index contributed by atoms with van der Waals surface area (Å²) in [5, 5.41) is 6.95. The molecule has 0 fully saturated rings. The Morgan fingerprint density at radius 2 is 1.84 bits per heavy atom. The maximum absolute atomic E-state index is 11.9. The van der Waals surface area contributed by atoms with Gasteiger partial charge in [0.2, 0.25) is 0 Å². The van der Waals surface area contributed by atoms with Crippen molar-refractivity contribution in [2.75, 3.05) is 26.0 Å². The molecule has 0 saturated heterocycles. The van der Waals surface area contributed by atoms with Crippen LogP contribution in [0.3, 0.4) is 0 Å². The molecule has 0 bridgehead atoms. The highest BCUT2D eigenvalue weighted by atomic mass is 32.1. The van der Waals surface area contributed by atoms with Crippen LogP contribution in [-0.4, -0.2) is 36.6 Å². The molecule has 1 amide bonds. The molecule has 25 heavy (non-hydrogen) atoms. The number of thiocarbonyl (C=S) groups is 1. The van der Waals surface area contributed by atoms with E-state index in [4.69, 9.17) is 12.2 Å². The molecule has 0 radical (unpaired) electrons. The average molecular weight is 356 g/mol. The summed E-state index contributed by atoms with van der Waals surface area (Å²) in [6.45, 7) is 2.93. The Labute approximate surface area is 155 Å². The minimum atomic E-state index is -0.0107. The van der Waals surface area contributed by atoms with E-state index in [9.17, 15) is 4.79 Å². The lowest BCUT2D eigenvalue weighted by molar-refractivity contribution is 0.0827. The van der Waals surface area contributed by atoms with Crippen LogP contribution in [0.5, 0.6) is 0 Å². The molecular weight excluding hydrogens is 330 g/mol. The average Bonchev–Trinajstić information content (AvgIpc) is 2.59. The molecule has 0 heterocycles. The van der Waals surface area contributed by atoms with Gasteiger partial charge in [-0.2, -0.15) is 0 Å². The van der Waals surface area contributed by atoms with Crippen LogP contribution in [0.2, 0.25) is 0 Å². The van der Waals surface area contributed by atoms with Crippen molar-refractivity contribution in [1.29, 1.82) is 0 Å². The Bertz CT molecular complexity index is 726. The molecule has 0 unspecified atom stereocenters. The first-order valence-corrected chi connectivity index (χ1v) is 8.78. The number of carbonyl (C=O) groups excluding carboxylic acids is 1. The highest BCUT2D eigenvalue weighted by Gasteiger charge is 2.07. The topological polar surface area (TPSA) is 44.4 Å². The number of benzene rings is 2. The van der Waals surface area contributed by atoms with Gasteiger partial charge < -0.3 is 15.5 Å². The van der Waals surface area contributed by atoms with Gasteiger partial charge in [-0.1, -0.05) is 29.8 Å². The second-order valence-corrected chi connectivity index (χ2v) is 6.66. The molecule has 0 saturated carbocycles. The second-order valence-electron chi connectivity index (χ2n) is 6.25. The van der Waals surface area contributed by atoms with Gasteiger partial charge in [-0.3, -0.25) is 4.79 Å². The fraction of sp³-hybridized carbons (Fsp3) is 0.300. The van der Waals surface area contributed by atoms with E-state index in [1.807, 2.05) is 12.1 Å². The first kappa shape index (κ1) is 18.9. The van der Waals surface area contributed by atoms with E-state index in [1.54, 1.807) is 31.1 Å². The van der Waals surface area contributed by atoms with E-state index in [-0.39, 0.29) is 5.91 Å².